The second-order valence-corrected chi connectivity index (χ2v) is 5.72. The highest BCUT2D eigenvalue weighted by atomic mass is 15.2. The van der Waals surface area contributed by atoms with Crippen molar-refractivity contribution in [1.29, 1.82) is 0 Å². The lowest BCUT2D eigenvalue weighted by atomic mass is 9.90. The molecule has 2 aromatic rings. The molecule has 1 aromatic heterocycles. The van der Waals surface area contributed by atoms with Crippen LogP contribution in [0.4, 0.5) is 5.69 Å². The molecule has 1 N–H and O–H groups in total. The van der Waals surface area contributed by atoms with Gasteiger partial charge in [-0.15, -0.1) is 0 Å². The van der Waals surface area contributed by atoms with Crippen molar-refractivity contribution in [2.75, 3.05) is 24.5 Å². The molecule has 1 aliphatic rings. The normalized spacial score (nSPS) is 18.4. The van der Waals surface area contributed by atoms with Gasteiger partial charge in [0.1, 0.15) is 0 Å². The van der Waals surface area contributed by atoms with E-state index in [0.717, 1.165) is 25.2 Å². The molecule has 3 rings (SSSR count). The molecule has 0 saturated carbocycles. The van der Waals surface area contributed by atoms with Crippen molar-refractivity contribution < 1.29 is 0 Å². The Hall–Kier alpha value is -1.61. The van der Waals surface area contributed by atoms with E-state index >= 15 is 0 Å². The predicted octanol–water partition coefficient (Wildman–Crippen LogP) is 3.20. The first-order valence-electron chi connectivity index (χ1n) is 7.61. The molecule has 0 unspecified atom stereocenters. The molecule has 3 nitrogen and oxygen atoms in total. The van der Waals surface area contributed by atoms with Crippen molar-refractivity contribution in [1.82, 2.24) is 10.3 Å². The lowest BCUT2D eigenvalue weighted by molar-refractivity contribution is 0.277. The number of nitrogens with zero attached hydrogens (tertiary/aromatic N) is 2. The monoisotopic (exact) mass is 269 g/mol. The number of benzene rings is 1. The predicted molar refractivity (Wildman–Crippen MR) is 85.3 cm³/mol. The summed E-state index contributed by atoms with van der Waals surface area (Å²) in [6, 6.07) is 10.7. The number of pyridine rings is 1. The molecule has 1 saturated heterocycles. The van der Waals surface area contributed by atoms with E-state index in [2.05, 4.69) is 53.3 Å². The Kier molecular flexibility index (Phi) is 3.62. The van der Waals surface area contributed by atoms with Crippen molar-refractivity contribution in [2.45, 2.75) is 32.2 Å². The third kappa shape index (κ3) is 2.38. The summed E-state index contributed by atoms with van der Waals surface area (Å²) in [7, 11) is 0. The van der Waals surface area contributed by atoms with Gasteiger partial charge in [-0.25, -0.2) is 0 Å². The van der Waals surface area contributed by atoms with E-state index in [4.69, 9.17) is 0 Å². The zero-order valence-electron chi connectivity index (χ0n) is 12.4. The van der Waals surface area contributed by atoms with Crippen molar-refractivity contribution >= 4 is 16.6 Å². The van der Waals surface area contributed by atoms with Crippen LogP contribution in [0.2, 0.25) is 0 Å². The number of fused-ring (bicyclic) bond motifs is 1. The van der Waals surface area contributed by atoms with Crippen molar-refractivity contribution in [3.63, 3.8) is 0 Å². The van der Waals surface area contributed by atoms with Crippen LogP contribution in [0.15, 0.2) is 36.5 Å². The fourth-order valence-electron chi connectivity index (χ4n) is 3.16. The van der Waals surface area contributed by atoms with Gasteiger partial charge in [0.15, 0.2) is 0 Å². The summed E-state index contributed by atoms with van der Waals surface area (Å²) in [5.41, 5.74) is 2.66. The third-order valence-corrected chi connectivity index (χ3v) is 4.68. The molecular formula is C17H23N3. The number of aromatic nitrogens is 1. The van der Waals surface area contributed by atoms with Crippen LogP contribution in [0.25, 0.3) is 10.9 Å². The molecule has 106 valence electrons. The van der Waals surface area contributed by atoms with E-state index in [1.807, 2.05) is 12.3 Å². The van der Waals surface area contributed by atoms with Gasteiger partial charge >= 0.3 is 0 Å². The van der Waals surface area contributed by atoms with E-state index in [9.17, 15) is 0 Å². The molecule has 0 atom stereocenters. The number of anilines is 1. The van der Waals surface area contributed by atoms with Crippen molar-refractivity contribution in [3.05, 3.63) is 36.5 Å². The van der Waals surface area contributed by atoms with Gasteiger partial charge in [0.05, 0.1) is 5.52 Å². The number of rotatable bonds is 3. The van der Waals surface area contributed by atoms with Crippen LogP contribution in [0, 0.1) is 0 Å². The lowest BCUT2D eigenvalue weighted by Crippen LogP contribution is -2.60. The summed E-state index contributed by atoms with van der Waals surface area (Å²) >= 11 is 0. The van der Waals surface area contributed by atoms with Crippen LogP contribution in [-0.4, -0.2) is 30.2 Å². The lowest BCUT2D eigenvalue weighted by Gasteiger charge is -2.44. The molecule has 2 heterocycles. The number of nitrogens with one attached hydrogen (secondary N) is 1. The van der Waals surface area contributed by atoms with Crippen molar-refractivity contribution in [3.8, 4) is 0 Å². The van der Waals surface area contributed by atoms with Gasteiger partial charge in [-0.05, 0) is 37.1 Å². The maximum atomic E-state index is 4.40. The highest BCUT2D eigenvalue weighted by Gasteiger charge is 2.31. The molecule has 0 spiro atoms. The Morgan fingerprint density at radius 1 is 1.25 bits per heavy atom. The maximum absolute atomic E-state index is 4.40. The van der Waals surface area contributed by atoms with E-state index in [1.165, 1.54) is 23.9 Å². The van der Waals surface area contributed by atoms with Crippen LogP contribution in [-0.2, 0) is 0 Å². The molecule has 3 heteroatoms. The van der Waals surface area contributed by atoms with Gasteiger partial charge in [-0.3, -0.25) is 4.98 Å². The van der Waals surface area contributed by atoms with Gasteiger partial charge in [0, 0.05) is 42.4 Å². The molecular weight excluding hydrogens is 246 g/mol. The first kappa shape index (κ1) is 13.4. The molecule has 0 amide bonds. The van der Waals surface area contributed by atoms with Crippen LogP contribution >= 0.6 is 0 Å². The Labute approximate surface area is 121 Å². The third-order valence-electron chi connectivity index (χ3n) is 4.68. The molecule has 0 aliphatic carbocycles. The minimum absolute atomic E-state index is 0.266. The quantitative estimate of drug-likeness (QED) is 0.927. The molecule has 0 bridgehead atoms. The van der Waals surface area contributed by atoms with E-state index in [-0.39, 0.29) is 5.54 Å². The Bertz CT molecular complexity index is 590. The van der Waals surface area contributed by atoms with E-state index < -0.39 is 0 Å². The standard InChI is InChI=1S/C17H23N3/c1-3-17(4-2)13-20(11-10-19-17)15-7-8-16-14(12-15)6-5-9-18-16/h5-9,12,19H,3-4,10-11,13H2,1-2H3. The molecule has 1 aromatic carbocycles. The van der Waals surface area contributed by atoms with Crippen LogP contribution in [0.1, 0.15) is 26.7 Å². The van der Waals surface area contributed by atoms with Gasteiger partial charge in [-0.1, -0.05) is 19.9 Å². The smallest absolute Gasteiger partial charge is 0.0703 e. The molecule has 0 radical (unpaired) electrons. The summed E-state index contributed by atoms with van der Waals surface area (Å²) in [6.45, 7) is 7.79. The Balaban J connectivity index is 1.90. The summed E-state index contributed by atoms with van der Waals surface area (Å²) in [4.78, 5) is 6.91. The van der Waals surface area contributed by atoms with Gasteiger partial charge in [0.2, 0.25) is 0 Å². The number of hydrogen-bond acceptors (Lipinski definition) is 3. The topological polar surface area (TPSA) is 28.2 Å². The fourth-order valence-corrected chi connectivity index (χ4v) is 3.16. The largest absolute Gasteiger partial charge is 0.368 e. The molecule has 1 fully saturated rings. The first-order valence-corrected chi connectivity index (χ1v) is 7.61. The van der Waals surface area contributed by atoms with Crippen LogP contribution in [0.3, 0.4) is 0 Å². The second kappa shape index (κ2) is 5.41. The van der Waals surface area contributed by atoms with Gasteiger partial charge in [0.25, 0.3) is 0 Å². The highest BCUT2D eigenvalue weighted by molar-refractivity contribution is 5.82. The van der Waals surface area contributed by atoms with Crippen LogP contribution in [0.5, 0.6) is 0 Å². The average molecular weight is 269 g/mol. The minimum Gasteiger partial charge on any atom is -0.368 e. The summed E-state index contributed by atoms with van der Waals surface area (Å²) in [6.07, 6.45) is 4.20. The zero-order chi connectivity index (χ0) is 14.0. The van der Waals surface area contributed by atoms with Crippen molar-refractivity contribution in [2.24, 2.45) is 0 Å². The molecule has 20 heavy (non-hydrogen) atoms. The maximum Gasteiger partial charge on any atom is 0.0703 e. The Morgan fingerprint density at radius 3 is 2.90 bits per heavy atom. The zero-order valence-corrected chi connectivity index (χ0v) is 12.4. The van der Waals surface area contributed by atoms with E-state index in [0.29, 0.717) is 0 Å². The molecule has 1 aliphatic heterocycles. The summed E-state index contributed by atoms with van der Waals surface area (Å²) < 4.78 is 0. The second-order valence-electron chi connectivity index (χ2n) is 5.72. The summed E-state index contributed by atoms with van der Waals surface area (Å²) in [5, 5.41) is 4.94. The Morgan fingerprint density at radius 2 is 2.10 bits per heavy atom. The number of piperazine rings is 1. The van der Waals surface area contributed by atoms with Gasteiger partial charge < -0.3 is 10.2 Å². The minimum atomic E-state index is 0.266. The first-order chi connectivity index (χ1) is 9.76. The summed E-state index contributed by atoms with van der Waals surface area (Å²) in [5.74, 6) is 0. The fraction of sp³-hybridized carbons (Fsp3) is 0.471. The highest BCUT2D eigenvalue weighted by Crippen LogP contribution is 2.26. The average Bonchev–Trinajstić information content (AvgIpc) is 2.54. The SMILES string of the molecule is CCC1(CC)CN(c2ccc3ncccc3c2)CCN1. The van der Waals surface area contributed by atoms with Gasteiger partial charge in [-0.2, -0.15) is 0 Å². The number of hydrogen-bond donors (Lipinski definition) is 1. The van der Waals surface area contributed by atoms with E-state index in [1.54, 1.807) is 0 Å². The van der Waals surface area contributed by atoms with Crippen LogP contribution < -0.4 is 10.2 Å².